The maximum absolute atomic E-state index is 14.6. The van der Waals surface area contributed by atoms with Crippen LogP contribution in [0.1, 0.15) is 70.4 Å². The Balaban J connectivity index is 1.63. The van der Waals surface area contributed by atoms with E-state index >= 15 is 0 Å². The number of halogens is 1. The fourth-order valence-corrected chi connectivity index (χ4v) is 9.90. The van der Waals surface area contributed by atoms with Gasteiger partial charge >= 0.3 is 285 Å². The number of alkyl halides is 3. The number of likely N-dealkylation sites (tertiary alicyclic amines) is 1. The predicted molar refractivity (Wildman–Crippen MR) is 186 cm³/mol. The molecule has 3 aliphatic rings. The topological polar surface area (TPSA) is 188 Å². The summed E-state index contributed by atoms with van der Waals surface area (Å²) in [6, 6.07) is 4.09. The predicted octanol–water partition coefficient (Wildman–Crippen LogP) is 2.42. The molecule has 0 radical (unpaired) electrons. The van der Waals surface area contributed by atoms with E-state index < -0.39 is 84.9 Å². The number of hydrogen-bond acceptors (Lipinski definition) is 6. The van der Waals surface area contributed by atoms with Crippen molar-refractivity contribution in [1.82, 2.24) is 20.9 Å². The monoisotopic (exact) mass is 767 g/mol. The first kappa shape index (κ1) is 36.6. The first-order valence-electron chi connectivity index (χ1n) is 16.5. The number of carboxylic acids is 1. The molecule has 1 aliphatic heterocycles. The first-order valence-corrected chi connectivity index (χ1v) is 22.1. The van der Waals surface area contributed by atoms with Gasteiger partial charge in [-0.2, -0.15) is 0 Å². The van der Waals surface area contributed by atoms with E-state index in [1.807, 2.05) is 24.3 Å². The van der Waals surface area contributed by atoms with Crippen molar-refractivity contribution < 1.29 is 33.9 Å². The fourth-order valence-electron chi connectivity index (χ4n) is 7.19. The quantitative estimate of drug-likeness (QED) is 0.109. The van der Waals surface area contributed by atoms with E-state index in [-0.39, 0.29) is 22.2 Å². The Morgan fingerprint density at radius 1 is 1.04 bits per heavy atom. The van der Waals surface area contributed by atoms with Crippen LogP contribution in [0.4, 0.5) is 4.79 Å². The number of nitrogens with one attached hydrogen (secondary N) is 3. The van der Waals surface area contributed by atoms with Gasteiger partial charge in [-0.3, -0.25) is 0 Å². The van der Waals surface area contributed by atoms with Crippen molar-refractivity contribution in [2.45, 2.75) is 99.7 Å². The molecule has 260 valence electrons. The van der Waals surface area contributed by atoms with Gasteiger partial charge in [0.1, 0.15) is 0 Å². The molecule has 13 heteroatoms. The molecule has 2 unspecified atom stereocenters. The number of amides is 5. The number of nitrogens with two attached hydrogens (primary N) is 1. The third kappa shape index (κ3) is 8.09. The van der Waals surface area contributed by atoms with Crippen molar-refractivity contribution in [2.75, 3.05) is 16.4 Å². The summed E-state index contributed by atoms with van der Waals surface area (Å²) in [5.74, 6) is -4.59. The van der Waals surface area contributed by atoms with Gasteiger partial charge in [-0.05, 0) is 0 Å². The number of ketones is 1. The third-order valence-corrected chi connectivity index (χ3v) is 14.9. The van der Waals surface area contributed by atoms with Crippen LogP contribution in [0.2, 0.25) is 0 Å². The second kappa shape index (κ2) is 15.3. The van der Waals surface area contributed by atoms with E-state index in [0.717, 1.165) is 30.4 Å². The maximum atomic E-state index is 14.6. The van der Waals surface area contributed by atoms with Crippen LogP contribution in [0.25, 0.3) is 0 Å². The Morgan fingerprint density at radius 3 is 2.13 bits per heavy atom. The Kier molecular flexibility index (Phi) is 11.9. The Bertz CT molecular complexity index is 1360. The summed E-state index contributed by atoms with van der Waals surface area (Å²) in [6.07, 6.45) is 4.78. The summed E-state index contributed by atoms with van der Waals surface area (Å²) in [7, 11) is 0. The minimum absolute atomic E-state index is 0.131. The van der Waals surface area contributed by atoms with E-state index in [9.17, 15) is 33.9 Å². The van der Waals surface area contributed by atoms with Gasteiger partial charge in [0.05, 0.1) is 0 Å². The van der Waals surface area contributed by atoms with E-state index in [4.69, 9.17) is 5.73 Å². The van der Waals surface area contributed by atoms with Crippen molar-refractivity contribution >= 4 is 55.3 Å². The molecule has 1 aromatic rings. The van der Waals surface area contributed by atoms with E-state index in [1.54, 1.807) is 20.8 Å². The van der Waals surface area contributed by atoms with Crippen LogP contribution in [0.3, 0.4) is 0 Å². The second-order valence-electron chi connectivity index (χ2n) is 13.8. The zero-order chi connectivity index (χ0) is 34.6. The summed E-state index contributed by atoms with van der Waals surface area (Å²) in [4.78, 5) is 85.0. The number of nitrogens with zero attached hydrogens (tertiary/aromatic N) is 1. The summed E-state index contributed by atoms with van der Waals surface area (Å²) in [5.41, 5.74) is 5.94. The Labute approximate surface area is 284 Å². The zero-order valence-corrected chi connectivity index (χ0v) is 30.2. The van der Waals surface area contributed by atoms with Crippen LogP contribution in [-0.2, 0) is 36.8 Å². The molecule has 47 heavy (non-hydrogen) atoms. The molecule has 0 aromatic heterocycles. The number of fused-ring (bicyclic) bond motifs is 1. The molecule has 1 saturated heterocycles. The number of carbonyl (C=O) groups excluding carboxylic acids is 5. The molecule has 6 N–H and O–H groups in total. The molecule has 0 spiro atoms. The summed E-state index contributed by atoms with van der Waals surface area (Å²) < 4.78 is 0.131. The summed E-state index contributed by atoms with van der Waals surface area (Å²) in [6.45, 7) is 5.47. The molecule has 1 heterocycles. The number of carbonyl (C=O) groups is 6. The molecule has 0 bridgehead atoms. The number of Topliss-reactive ketones (excluding diaryl/α,β-unsaturated/α-hetero) is 1. The molecular formula is C34H50IN5O7. The van der Waals surface area contributed by atoms with Gasteiger partial charge in [-0.15, -0.1) is 0 Å². The van der Waals surface area contributed by atoms with Crippen molar-refractivity contribution in [2.24, 2.45) is 23.5 Å². The van der Waals surface area contributed by atoms with E-state index in [1.165, 1.54) is 4.90 Å². The van der Waals surface area contributed by atoms with Crippen LogP contribution in [0.15, 0.2) is 24.3 Å². The average molecular weight is 768 g/mol. The van der Waals surface area contributed by atoms with Crippen molar-refractivity contribution in [3.05, 3.63) is 35.4 Å². The minimum atomic E-state index is -1.54. The van der Waals surface area contributed by atoms with Crippen LogP contribution in [0, 0.1) is 17.8 Å². The molecule has 1 aromatic carbocycles. The number of benzene rings is 1. The van der Waals surface area contributed by atoms with Gasteiger partial charge in [0.25, 0.3) is 0 Å². The first-order chi connectivity index (χ1) is 22.2. The average Bonchev–Trinajstić information content (AvgIpc) is 3.64. The molecule has 2 fully saturated rings. The van der Waals surface area contributed by atoms with Crippen molar-refractivity contribution in [1.29, 1.82) is 0 Å². The van der Waals surface area contributed by atoms with Gasteiger partial charge in [0, 0.05) is 0 Å². The Hall–Kier alpha value is -3.23. The van der Waals surface area contributed by atoms with Crippen LogP contribution >= 0.6 is 19.8 Å². The van der Waals surface area contributed by atoms with Gasteiger partial charge < -0.3 is 0 Å². The molecule has 4 rings (SSSR count). The van der Waals surface area contributed by atoms with E-state index in [0.29, 0.717) is 32.2 Å². The van der Waals surface area contributed by atoms with Crippen molar-refractivity contribution in [3.63, 3.8) is 0 Å². The molecular weight excluding hydrogens is 717 g/mol. The number of aliphatic carboxylic acids is 1. The molecule has 12 nitrogen and oxygen atoms in total. The van der Waals surface area contributed by atoms with Crippen molar-refractivity contribution in [3.8, 4) is 0 Å². The molecule has 1 saturated carbocycles. The summed E-state index contributed by atoms with van der Waals surface area (Å²) >= 11 is -1.53. The number of hydrogen-bond donors (Lipinski definition) is 5. The Morgan fingerprint density at radius 2 is 1.66 bits per heavy atom. The number of primary amides is 1. The van der Waals surface area contributed by atoms with Gasteiger partial charge in [-0.1, -0.05) is 0 Å². The van der Waals surface area contributed by atoms with Gasteiger partial charge in [0.15, 0.2) is 0 Å². The van der Waals surface area contributed by atoms with Gasteiger partial charge in [-0.25, -0.2) is 0 Å². The van der Waals surface area contributed by atoms with E-state index in [2.05, 4.69) is 25.8 Å². The third-order valence-electron chi connectivity index (χ3n) is 10.5. The normalized spacial score (nSPS) is 22.3. The van der Waals surface area contributed by atoms with Crippen LogP contribution < -0.4 is 21.7 Å². The molecule has 5 atom stereocenters. The number of rotatable bonds is 14. The number of carboxylic acid groups (broad SMARTS) is 1. The second-order valence-corrected chi connectivity index (χ2v) is 20.2. The molecule has 2 aliphatic carbocycles. The van der Waals surface area contributed by atoms with Gasteiger partial charge in [0.2, 0.25) is 0 Å². The number of urea groups is 1. The SMILES string of the molecule is CCC(NC(=O)N[C@H](C(=O)N1C[C@H](I(C)C)C[C@H]1C(=O)NC(CC1CCC1)C(=O)C(N)=O)C1Cc2ccccc2C1)(C(=O)O)C(C)C. The molecule has 5 amide bonds. The standard InChI is InChI=1S/C34H50IN5O7/c1-6-34(19(2)3,32(45)46)39-33(47)38-27(23-15-21-12-7-8-13-22(21)16-23)31(44)40-18-24(35(4)5)17-26(40)30(43)37-25(28(41)29(36)42)14-20-10-9-11-20/h7-8,12-13,19-20,23-27H,6,9-11,14-18H2,1-5H3,(H2,36,42)(H,37,43)(H,45,46)(H2,38,39,47)/t24-,25?,26+,27+,34?/m1/s1. The zero-order valence-electron chi connectivity index (χ0n) is 28.0. The van der Waals surface area contributed by atoms with Crippen LogP contribution in [-0.4, -0.2) is 89.5 Å². The fraction of sp³-hybridized carbons (Fsp3) is 0.647. The van der Waals surface area contributed by atoms with Crippen LogP contribution in [0.5, 0.6) is 0 Å². The summed E-state index contributed by atoms with van der Waals surface area (Å²) in [5, 5.41) is 18.4.